The Morgan fingerprint density at radius 3 is 2.90 bits per heavy atom. The monoisotopic (exact) mass is 565 g/mol. The number of benzene rings is 1. The molecule has 206 valence electrons. The van der Waals surface area contributed by atoms with E-state index in [-0.39, 0.29) is 80.0 Å². The second kappa shape index (κ2) is 10.6. The van der Waals surface area contributed by atoms with Crippen molar-refractivity contribution in [2.75, 3.05) is 37.4 Å². The Balaban J connectivity index is 1.69. The lowest BCUT2D eigenvalue weighted by Gasteiger charge is -2.31. The topological polar surface area (TPSA) is 141 Å². The number of rotatable bonds is 7. The average Bonchev–Trinajstić information content (AvgIpc) is 3.51. The molecule has 1 aliphatic rings. The molecule has 4 heterocycles. The summed E-state index contributed by atoms with van der Waals surface area (Å²) in [5.41, 5.74) is 5.93. The summed E-state index contributed by atoms with van der Waals surface area (Å²) in [6, 6.07) is 3.98. The number of nitriles is 1. The lowest BCUT2D eigenvalue weighted by molar-refractivity contribution is -0.126. The van der Waals surface area contributed by atoms with E-state index in [0.717, 1.165) is 11.3 Å². The van der Waals surface area contributed by atoms with Crippen LogP contribution in [0.15, 0.2) is 31.0 Å². The predicted octanol–water partition coefficient (Wildman–Crippen LogP) is 3.62. The highest BCUT2D eigenvalue weighted by Crippen LogP contribution is 2.42. The normalized spacial score (nSPS) is 16.9. The number of likely N-dealkylation sites (N-methyl/N-ethyl adjacent to an activating group) is 1. The van der Waals surface area contributed by atoms with Gasteiger partial charge in [-0.05, 0) is 31.6 Å². The second-order valence-corrected chi connectivity index (χ2v) is 10.3. The minimum Gasteiger partial charge on any atom is -0.461 e. The summed E-state index contributed by atoms with van der Waals surface area (Å²) in [5, 5.41) is 19.5. The molecule has 40 heavy (non-hydrogen) atoms. The molecule has 3 N–H and O–H groups in total. The number of thiophene rings is 1. The summed E-state index contributed by atoms with van der Waals surface area (Å²) < 4.78 is 36.5. The standard InChI is InChI=1S/C27H25F2N7O3S/c1-4-19(38)36-8-7-18(13(36)2)35(3)26-16-12-32-22(21(29)23(16)33-27(34-26)39-10-9-37)14-5-6-17(28)24-20(14)15(11-30)25(31)40-24/h4-6,12-13,18,37H,1,7-10,31H2,2-3H3/t13-,18?/m1/s1. The SMILES string of the molecule is C=CC(=O)N1CCC(N(C)c2nc(OCCO)nc3c(F)c(-c4ccc(F)c5sc(N)c(C#N)c45)ncc23)[C@H]1C. The van der Waals surface area contributed by atoms with E-state index < -0.39 is 11.6 Å². The number of hydrogen-bond donors (Lipinski definition) is 2. The Morgan fingerprint density at radius 1 is 1.43 bits per heavy atom. The van der Waals surface area contributed by atoms with Crippen LogP contribution in [0.1, 0.15) is 18.9 Å². The molecular weight excluding hydrogens is 540 g/mol. The van der Waals surface area contributed by atoms with Crippen LogP contribution in [0, 0.1) is 23.0 Å². The predicted molar refractivity (Wildman–Crippen MR) is 148 cm³/mol. The number of hydrogen-bond acceptors (Lipinski definition) is 10. The van der Waals surface area contributed by atoms with Crippen LogP contribution < -0.4 is 15.4 Å². The van der Waals surface area contributed by atoms with Gasteiger partial charge in [0.2, 0.25) is 5.91 Å². The van der Waals surface area contributed by atoms with E-state index in [1.54, 1.807) is 11.9 Å². The Hall–Kier alpha value is -4.41. The summed E-state index contributed by atoms with van der Waals surface area (Å²) in [4.78, 5) is 29.0. The first-order valence-electron chi connectivity index (χ1n) is 12.4. The molecule has 2 atom stereocenters. The van der Waals surface area contributed by atoms with Crippen LogP contribution in [0.4, 0.5) is 19.6 Å². The molecule has 3 aromatic heterocycles. The van der Waals surface area contributed by atoms with Gasteiger partial charge < -0.3 is 25.4 Å². The number of carbonyl (C=O) groups excluding carboxylic acids is 1. The van der Waals surface area contributed by atoms with Gasteiger partial charge in [0.1, 0.15) is 40.5 Å². The molecule has 0 aliphatic carbocycles. The zero-order chi connectivity index (χ0) is 28.7. The molecule has 0 saturated carbocycles. The average molecular weight is 566 g/mol. The lowest BCUT2D eigenvalue weighted by atomic mass is 10.0. The first-order valence-corrected chi connectivity index (χ1v) is 13.2. The van der Waals surface area contributed by atoms with Crippen LogP contribution >= 0.6 is 11.3 Å². The number of nitrogen functional groups attached to an aromatic ring is 1. The van der Waals surface area contributed by atoms with E-state index in [4.69, 9.17) is 10.5 Å². The first-order chi connectivity index (χ1) is 19.2. The molecule has 10 nitrogen and oxygen atoms in total. The molecule has 1 amide bonds. The van der Waals surface area contributed by atoms with E-state index >= 15 is 4.39 Å². The number of pyridine rings is 1. The molecule has 5 rings (SSSR count). The van der Waals surface area contributed by atoms with Gasteiger partial charge in [0.05, 0.1) is 28.3 Å². The third-order valence-corrected chi connectivity index (χ3v) is 8.18. The van der Waals surface area contributed by atoms with E-state index in [9.17, 15) is 19.6 Å². The number of aliphatic hydroxyl groups is 1. The highest BCUT2D eigenvalue weighted by Gasteiger charge is 2.37. The molecule has 1 fully saturated rings. The minimum absolute atomic E-state index is 0.0414. The van der Waals surface area contributed by atoms with Crippen molar-refractivity contribution in [2.24, 2.45) is 0 Å². The van der Waals surface area contributed by atoms with Gasteiger partial charge in [-0.1, -0.05) is 6.58 Å². The maximum absolute atomic E-state index is 16.3. The maximum atomic E-state index is 16.3. The summed E-state index contributed by atoms with van der Waals surface area (Å²) >= 11 is 0.904. The number of fused-ring (bicyclic) bond motifs is 2. The van der Waals surface area contributed by atoms with Crippen molar-refractivity contribution in [3.63, 3.8) is 0 Å². The number of carbonyl (C=O) groups is 1. The molecule has 1 unspecified atom stereocenters. The number of ether oxygens (including phenoxy) is 1. The largest absolute Gasteiger partial charge is 0.461 e. The molecule has 1 aliphatic heterocycles. The van der Waals surface area contributed by atoms with Crippen molar-refractivity contribution < 1.29 is 23.4 Å². The van der Waals surface area contributed by atoms with Gasteiger partial charge in [0, 0.05) is 36.8 Å². The summed E-state index contributed by atoms with van der Waals surface area (Å²) in [5.74, 6) is -1.27. The van der Waals surface area contributed by atoms with Gasteiger partial charge in [-0.3, -0.25) is 9.78 Å². The Morgan fingerprint density at radius 2 is 2.20 bits per heavy atom. The number of nitrogens with two attached hydrogens (primary N) is 1. The number of aromatic nitrogens is 3. The second-order valence-electron chi connectivity index (χ2n) is 9.28. The third-order valence-electron chi connectivity index (χ3n) is 7.15. The zero-order valence-corrected chi connectivity index (χ0v) is 22.5. The van der Waals surface area contributed by atoms with E-state index in [0.29, 0.717) is 18.8 Å². The number of amides is 1. The van der Waals surface area contributed by atoms with Crippen molar-refractivity contribution >= 4 is 49.1 Å². The van der Waals surface area contributed by atoms with Gasteiger partial charge in [-0.15, -0.1) is 11.3 Å². The molecule has 4 aromatic rings. The Kier molecular flexibility index (Phi) is 7.22. The fourth-order valence-corrected chi connectivity index (χ4v) is 6.15. The number of anilines is 2. The van der Waals surface area contributed by atoms with Gasteiger partial charge in [0.25, 0.3) is 0 Å². The van der Waals surface area contributed by atoms with Crippen LogP contribution in [0.5, 0.6) is 6.01 Å². The van der Waals surface area contributed by atoms with E-state index in [1.807, 2.05) is 17.9 Å². The Labute approximate surface area is 231 Å². The van der Waals surface area contributed by atoms with Gasteiger partial charge >= 0.3 is 6.01 Å². The number of nitrogens with zero attached hydrogens (tertiary/aromatic N) is 6. The third kappa shape index (κ3) is 4.35. The maximum Gasteiger partial charge on any atom is 0.319 e. The van der Waals surface area contributed by atoms with Gasteiger partial charge in [0.15, 0.2) is 5.82 Å². The van der Waals surface area contributed by atoms with Crippen molar-refractivity contribution in [2.45, 2.75) is 25.4 Å². The van der Waals surface area contributed by atoms with Gasteiger partial charge in [-0.2, -0.15) is 15.2 Å². The van der Waals surface area contributed by atoms with Gasteiger partial charge in [-0.25, -0.2) is 8.78 Å². The first kappa shape index (κ1) is 27.2. The lowest BCUT2D eigenvalue weighted by Crippen LogP contribution is -2.43. The highest BCUT2D eigenvalue weighted by molar-refractivity contribution is 7.23. The molecule has 1 saturated heterocycles. The fraction of sp³-hybridized carbons (Fsp3) is 0.296. The van der Waals surface area contributed by atoms with E-state index in [2.05, 4.69) is 21.5 Å². The quantitative estimate of drug-likeness (QED) is 0.321. The van der Waals surface area contributed by atoms with Crippen LogP contribution in [-0.2, 0) is 4.79 Å². The number of halogens is 2. The summed E-state index contributed by atoms with van der Waals surface area (Å²) in [6.45, 7) is 5.58. The molecule has 13 heteroatoms. The fourth-order valence-electron chi connectivity index (χ4n) is 5.20. The molecular formula is C27H25F2N7O3S. The van der Waals surface area contributed by atoms with Crippen LogP contribution in [-0.4, -0.2) is 69.8 Å². The van der Waals surface area contributed by atoms with Crippen molar-refractivity contribution in [1.29, 1.82) is 5.26 Å². The van der Waals surface area contributed by atoms with Crippen LogP contribution in [0.25, 0.3) is 32.2 Å². The van der Waals surface area contributed by atoms with Crippen molar-refractivity contribution in [3.05, 3.63) is 48.2 Å². The number of aliphatic hydroxyl groups excluding tert-OH is 1. The zero-order valence-electron chi connectivity index (χ0n) is 21.7. The molecule has 1 aromatic carbocycles. The van der Waals surface area contributed by atoms with Crippen molar-refractivity contribution in [1.82, 2.24) is 19.9 Å². The van der Waals surface area contributed by atoms with Crippen LogP contribution in [0.2, 0.25) is 0 Å². The summed E-state index contributed by atoms with van der Waals surface area (Å²) in [7, 11) is 1.78. The molecule has 0 spiro atoms. The summed E-state index contributed by atoms with van der Waals surface area (Å²) in [6.07, 6.45) is 3.32. The van der Waals surface area contributed by atoms with Crippen LogP contribution in [0.3, 0.4) is 0 Å². The highest BCUT2D eigenvalue weighted by atomic mass is 32.1. The minimum atomic E-state index is -0.826. The number of likely N-dealkylation sites (tertiary alicyclic amines) is 1. The molecule has 0 radical (unpaired) electrons. The van der Waals surface area contributed by atoms with E-state index in [1.165, 1.54) is 24.4 Å². The van der Waals surface area contributed by atoms with Crippen molar-refractivity contribution in [3.8, 4) is 23.3 Å². The smallest absolute Gasteiger partial charge is 0.319 e. The molecule has 0 bridgehead atoms. The Bertz CT molecular complexity index is 1700.